The van der Waals surface area contributed by atoms with E-state index in [0.717, 1.165) is 11.1 Å². The van der Waals surface area contributed by atoms with Crippen LogP contribution in [0.2, 0.25) is 0 Å². The summed E-state index contributed by atoms with van der Waals surface area (Å²) < 4.78 is 14.8. The molecular weight excluding hydrogens is 205 g/mol. The van der Waals surface area contributed by atoms with E-state index in [1.165, 1.54) is 6.07 Å². The van der Waals surface area contributed by atoms with Gasteiger partial charge in [-0.25, -0.2) is 9.50 Å². The molecule has 0 saturated heterocycles. The first kappa shape index (κ1) is 9.03. The van der Waals surface area contributed by atoms with Gasteiger partial charge >= 0.3 is 0 Å². The molecule has 0 radical (unpaired) electrons. The zero-order valence-electron chi connectivity index (χ0n) is 8.34. The molecule has 3 aromatic heterocycles. The van der Waals surface area contributed by atoms with Gasteiger partial charge in [-0.3, -0.25) is 0 Å². The van der Waals surface area contributed by atoms with Crippen LogP contribution in [0, 0.1) is 5.95 Å². The van der Waals surface area contributed by atoms with Crippen LogP contribution in [0.4, 0.5) is 4.39 Å². The maximum atomic E-state index is 13.0. The predicted molar refractivity (Wildman–Crippen MR) is 58.4 cm³/mol. The SMILES string of the molecule is Fc1cccc(-c2cnn3ccccc23)n1. The molecule has 0 bridgehead atoms. The summed E-state index contributed by atoms with van der Waals surface area (Å²) in [6.07, 6.45) is 3.54. The highest BCUT2D eigenvalue weighted by atomic mass is 19.1. The number of aromatic nitrogens is 3. The Kier molecular flexibility index (Phi) is 1.93. The second-order valence-electron chi connectivity index (χ2n) is 3.43. The molecule has 0 aliphatic carbocycles. The highest BCUT2D eigenvalue weighted by Crippen LogP contribution is 2.22. The fourth-order valence-corrected chi connectivity index (χ4v) is 1.69. The molecular formula is C12H8FN3. The van der Waals surface area contributed by atoms with Crippen molar-refractivity contribution in [3.63, 3.8) is 0 Å². The lowest BCUT2D eigenvalue weighted by Crippen LogP contribution is -1.87. The summed E-state index contributed by atoms with van der Waals surface area (Å²) in [7, 11) is 0. The van der Waals surface area contributed by atoms with Crippen molar-refractivity contribution in [3.8, 4) is 11.3 Å². The number of fused-ring (bicyclic) bond motifs is 1. The minimum Gasteiger partial charge on any atom is -0.240 e. The monoisotopic (exact) mass is 213 g/mol. The highest BCUT2D eigenvalue weighted by Gasteiger charge is 2.07. The lowest BCUT2D eigenvalue weighted by molar-refractivity contribution is 0.585. The predicted octanol–water partition coefficient (Wildman–Crippen LogP) is 2.54. The van der Waals surface area contributed by atoms with Crippen LogP contribution in [-0.2, 0) is 0 Å². The molecule has 78 valence electrons. The number of hydrogen-bond acceptors (Lipinski definition) is 2. The van der Waals surface area contributed by atoms with E-state index in [-0.39, 0.29) is 0 Å². The van der Waals surface area contributed by atoms with Crippen molar-refractivity contribution in [1.29, 1.82) is 0 Å². The maximum Gasteiger partial charge on any atom is 0.213 e. The van der Waals surface area contributed by atoms with Crippen molar-refractivity contribution in [2.24, 2.45) is 0 Å². The van der Waals surface area contributed by atoms with Crippen LogP contribution < -0.4 is 0 Å². The van der Waals surface area contributed by atoms with E-state index in [1.54, 1.807) is 22.8 Å². The molecule has 0 N–H and O–H groups in total. The lowest BCUT2D eigenvalue weighted by atomic mass is 10.2. The number of pyridine rings is 2. The van der Waals surface area contributed by atoms with Gasteiger partial charge in [-0.05, 0) is 24.3 Å². The quantitative estimate of drug-likeness (QED) is 0.581. The molecule has 0 unspecified atom stereocenters. The van der Waals surface area contributed by atoms with E-state index in [2.05, 4.69) is 10.1 Å². The molecule has 0 aliphatic rings. The van der Waals surface area contributed by atoms with Crippen molar-refractivity contribution in [2.45, 2.75) is 0 Å². The van der Waals surface area contributed by atoms with Gasteiger partial charge in [-0.1, -0.05) is 12.1 Å². The summed E-state index contributed by atoms with van der Waals surface area (Å²) >= 11 is 0. The van der Waals surface area contributed by atoms with E-state index in [9.17, 15) is 4.39 Å². The fraction of sp³-hybridized carbons (Fsp3) is 0. The van der Waals surface area contributed by atoms with Crippen molar-refractivity contribution in [2.75, 3.05) is 0 Å². The molecule has 3 aromatic rings. The minimum atomic E-state index is -0.479. The van der Waals surface area contributed by atoms with Crippen LogP contribution >= 0.6 is 0 Å². The first-order chi connectivity index (χ1) is 7.84. The Morgan fingerprint density at radius 2 is 2.00 bits per heavy atom. The van der Waals surface area contributed by atoms with Gasteiger partial charge in [0.2, 0.25) is 5.95 Å². The molecule has 0 amide bonds. The third-order valence-electron chi connectivity index (χ3n) is 2.42. The van der Waals surface area contributed by atoms with Gasteiger partial charge in [0.25, 0.3) is 0 Å². The van der Waals surface area contributed by atoms with E-state index in [4.69, 9.17) is 0 Å². The second kappa shape index (κ2) is 3.41. The van der Waals surface area contributed by atoms with Gasteiger partial charge < -0.3 is 0 Å². The van der Waals surface area contributed by atoms with Gasteiger partial charge in [-0.15, -0.1) is 0 Å². The van der Waals surface area contributed by atoms with E-state index in [1.807, 2.05) is 24.4 Å². The average molecular weight is 213 g/mol. The summed E-state index contributed by atoms with van der Waals surface area (Å²) in [5.41, 5.74) is 2.35. The number of rotatable bonds is 1. The van der Waals surface area contributed by atoms with Crippen LogP contribution in [0.1, 0.15) is 0 Å². The van der Waals surface area contributed by atoms with E-state index < -0.39 is 5.95 Å². The van der Waals surface area contributed by atoms with Crippen molar-refractivity contribution < 1.29 is 4.39 Å². The molecule has 0 fully saturated rings. The Bertz CT molecular complexity index is 645. The zero-order chi connectivity index (χ0) is 11.0. The molecule has 0 atom stereocenters. The summed E-state index contributed by atoms with van der Waals surface area (Å²) in [6, 6.07) is 10.5. The smallest absolute Gasteiger partial charge is 0.213 e. The van der Waals surface area contributed by atoms with Crippen LogP contribution in [0.5, 0.6) is 0 Å². The molecule has 3 rings (SSSR count). The molecule has 0 saturated carbocycles. The standard InChI is InChI=1S/C12H8FN3/c13-12-6-3-4-10(15-12)9-8-14-16-7-2-1-5-11(9)16/h1-8H. The Hall–Kier alpha value is -2.23. The zero-order valence-corrected chi connectivity index (χ0v) is 8.34. The molecule has 16 heavy (non-hydrogen) atoms. The second-order valence-corrected chi connectivity index (χ2v) is 3.43. The van der Waals surface area contributed by atoms with Crippen molar-refractivity contribution in [3.05, 3.63) is 54.7 Å². The van der Waals surface area contributed by atoms with E-state index in [0.29, 0.717) is 5.69 Å². The van der Waals surface area contributed by atoms with E-state index >= 15 is 0 Å². The van der Waals surface area contributed by atoms with Crippen LogP contribution in [0.25, 0.3) is 16.8 Å². The fourth-order valence-electron chi connectivity index (χ4n) is 1.69. The van der Waals surface area contributed by atoms with Crippen molar-refractivity contribution in [1.82, 2.24) is 14.6 Å². The van der Waals surface area contributed by atoms with Crippen molar-refractivity contribution >= 4 is 5.52 Å². The first-order valence-electron chi connectivity index (χ1n) is 4.90. The molecule has 4 heteroatoms. The third-order valence-corrected chi connectivity index (χ3v) is 2.42. The first-order valence-corrected chi connectivity index (χ1v) is 4.90. The summed E-state index contributed by atoms with van der Waals surface area (Å²) in [4.78, 5) is 3.85. The summed E-state index contributed by atoms with van der Waals surface area (Å²) in [6.45, 7) is 0. The Labute approximate surface area is 91.2 Å². The van der Waals surface area contributed by atoms with Crippen LogP contribution in [-0.4, -0.2) is 14.6 Å². The number of halogens is 1. The van der Waals surface area contributed by atoms with Crippen LogP contribution in [0.3, 0.4) is 0 Å². The average Bonchev–Trinajstić information content (AvgIpc) is 2.72. The maximum absolute atomic E-state index is 13.0. The Morgan fingerprint density at radius 3 is 2.88 bits per heavy atom. The Morgan fingerprint density at radius 1 is 1.06 bits per heavy atom. The topological polar surface area (TPSA) is 30.2 Å². The molecule has 3 heterocycles. The van der Waals surface area contributed by atoms with Gasteiger partial charge in [-0.2, -0.15) is 9.49 Å². The van der Waals surface area contributed by atoms with Gasteiger partial charge in [0, 0.05) is 11.8 Å². The minimum absolute atomic E-state index is 0.479. The normalized spacial score (nSPS) is 10.8. The lowest BCUT2D eigenvalue weighted by Gasteiger charge is -1.98. The molecule has 0 aliphatic heterocycles. The molecule has 0 aromatic carbocycles. The van der Waals surface area contributed by atoms with Gasteiger partial charge in [0.15, 0.2) is 0 Å². The largest absolute Gasteiger partial charge is 0.240 e. The van der Waals surface area contributed by atoms with Crippen LogP contribution in [0.15, 0.2) is 48.8 Å². The summed E-state index contributed by atoms with van der Waals surface area (Å²) in [5.74, 6) is -0.479. The molecule has 3 nitrogen and oxygen atoms in total. The highest BCUT2D eigenvalue weighted by molar-refractivity contribution is 5.77. The number of hydrogen-bond donors (Lipinski definition) is 0. The summed E-state index contributed by atoms with van der Waals surface area (Å²) in [5, 5.41) is 4.18. The Balaban J connectivity index is 2.26. The molecule has 0 spiro atoms. The van der Waals surface area contributed by atoms with Gasteiger partial charge in [0.1, 0.15) is 0 Å². The number of nitrogens with zero attached hydrogens (tertiary/aromatic N) is 3. The van der Waals surface area contributed by atoms with Gasteiger partial charge in [0.05, 0.1) is 17.4 Å². The third kappa shape index (κ3) is 1.35.